The van der Waals surface area contributed by atoms with Crippen molar-refractivity contribution >= 4 is 16.3 Å². The summed E-state index contributed by atoms with van der Waals surface area (Å²) in [5, 5.41) is 0. The number of carbonyl (C=O) groups is 1. The zero-order valence-electron chi connectivity index (χ0n) is 15.9. The van der Waals surface area contributed by atoms with Crippen LogP contribution in [0.5, 0.6) is 0 Å². The lowest BCUT2D eigenvalue weighted by molar-refractivity contribution is 0.110. The Morgan fingerprint density at radius 2 is 1.78 bits per heavy atom. The highest BCUT2D eigenvalue weighted by Crippen LogP contribution is 2.53. The largest absolute Gasteiger partial charge is 0.453 e. The quantitative estimate of drug-likeness (QED) is 0.732. The summed E-state index contributed by atoms with van der Waals surface area (Å²) in [7, 11) is -3.53. The van der Waals surface area contributed by atoms with Crippen molar-refractivity contribution in [3.63, 3.8) is 0 Å². The third kappa shape index (κ3) is 3.25. The Morgan fingerprint density at radius 1 is 1.07 bits per heavy atom. The van der Waals surface area contributed by atoms with E-state index in [0.717, 1.165) is 24.8 Å². The number of benzene rings is 1. The van der Waals surface area contributed by atoms with Gasteiger partial charge in [-0.2, -0.15) is 4.31 Å². The Balaban J connectivity index is 1.62. The maximum atomic E-state index is 13.3. The Bertz CT molecular complexity index is 974. The van der Waals surface area contributed by atoms with Crippen molar-refractivity contribution in [2.45, 2.75) is 51.0 Å². The molecule has 1 aromatic heterocycles. The van der Waals surface area contributed by atoms with Crippen LogP contribution in [0, 0.1) is 10.8 Å². The highest BCUT2D eigenvalue weighted by Gasteiger charge is 2.53. The minimum absolute atomic E-state index is 0.0544. The zero-order valence-corrected chi connectivity index (χ0v) is 16.8. The van der Waals surface area contributed by atoms with Gasteiger partial charge >= 0.3 is 0 Å². The van der Waals surface area contributed by atoms with E-state index in [2.05, 4.69) is 20.8 Å². The number of furan rings is 1. The topological polar surface area (TPSA) is 67.6 Å². The van der Waals surface area contributed by atoms with Gasteiger partial charge in [0.15, 0.2) is 12.0 Å². The summed E-state index contributed by atoms with van der Waals surface area (Å²) in [5.74, 6) is 0.800. The smallest absolute Gasteiger partial charge is 0.243 e. The van der Waals surface area contributed by atoms with E-state index in [-0.39, 0.29) is 22.6 Å². The van der Waals surface area contributed by atoms with E-state index < -0.39 is 10.0 Å². The van der Waals surface area contributed by atoms with Gasteiger partial charge in [-0.05, 0) is 66.5 Å². The zero-order chi connectivity index (χ0) is 19.4. The van der Waals surface area contributed by atoms with Crippen LogP contribution >= 0.6 is 0 Å². The van der Waals surface area contributed by atoms with Crippen molar-refractivity contribution in [3.8, 4) is 11.3 Å². The molecule has 1 aliphatic heterocycles. The van der Waals surface area contributed by atoms with Crippen LogP contribution in [0.4, 0.5) is 0 Å². The number of sulfonamides is 1. The van der Waals surface area contributed by atoms with Gasteiger partial charge < -0.3 is 4.42 Å². The maximum absolute atomic E-state index is 13.3. The first-order valence-corrected chi connectivity index (χ1v) is 10.7. The molecule has 2 heterocycles. The van der Waals surface area contributed by atoms with Crippen LogP contribution in [0.25, 0.3) is 11.3 Å². The molecule has 2 aliphatic rings. The van der Waals surface area contributed by atoms with Gasteiger partial charge in [0.25, 0.3) is 0 Å². The molecular weight excluding hydrogens is 362 g/mol. The highest BCUT2D eigenvalue weighted by atomic mass is 32.2. The number of aldehydes is 1. The molecule has 2 unspecified atom stereocenters. The molecule has 144 valence electrons. The van der Waals surface area contributed by atoms with Crippen molar-refractivity contribution in [3.05, 3.63) is 42.2 Å². The maximum Gasteiger partial charge on any atom is 0.243 e. The molecule has 27 heavy (non-hydrogen) atoms. The molecule has 0 N–H and O–H groups in total. The number of carbonyl (C=O) groups excluding carboxylic acids is 1. The number of hydrogen-bond acceptors (Lipinski definition) is 4. The number of hydrogen-bond donors (Lipinski definition) is 0. The second kappa shape index (κ2) is 6.04. The van der Waals surface area contributed by atoms with Crippen LogP contribution in [-0.2, 0) is 10.0 Å². The molecule has 0 spiro atoms. The molecule has 1 saturated carbocycles. The van der Waals surface area contributed by atoms with E-state index in [0.29, 0.717) is 23.5 Å². The van der Waals surface area contributed by atoms with Gasteiger partial charge in [0.1, 0.15) is 5.76 Å². The van der Waals surface area contributed by atoms with Crippen LogP contribution in [0.3, 0.4) is 0 Å². The summed E-state index contributed by atoms with van der Waals surface area (Å²) in [6, 6.07) is 10.1. The first-order chi connectivity index (χ1) is 12.6. The average Bonchev–Trinajstić information content (AvgIpc) is 3.16. The van der Waals surface area contributed by atoms with Gasteiger partial charge in [0.05, 0.1) is 4.90 Å². The van der Waals surface area contributed by atoms with Crippen LogP contribution in [0.1, 0.15) is 50.6 Å². The average molecular weight is 388 g/mol. The molecule has 6 heteroatoms. The van der Waals surface area contributed by atoms with Gasteiger partial charge in [-0.1, -0.05) is 20.8 Å². The van der Waals surface area contributed by atoms with Gasteiger partial charge in [-0.3, -0.25) is 4.79 Å². The van der Waals surface area contributed by atoms with E-state index in [1.165, 1.54) is 0 Å². The lowest BCUT2D eigenvalue weighted by Gasteiger charge is -2.39. The molecule has 1 aliphatic carbocycles. The lowest BCUT2D eigenvalue weighted by atomic mass is 9.65. The van der Waals surface area contributed by atoms with Crippen molar-refractivity contribution in [1.29, 1.82) is 0 Å². The second-order valence-corrected chi connectivity index (χ2v) is 11.0. The highest BCUT2D eigenvalue weighted by molar-refractivity contribution is 7.89. The summed E-state index contributed by atoms with van der Waals surface area (Å²) in [5.41, 5.74) is 0.968. The SMILES string of the molecule is CC1(C)CC2CC(C)(CN2S(=O)(=O)c2ccc(-c3ccc(C=O)o3)cc2)C1. The van der Waals surface area contributed by atoms with E-state index in [4.69, 9.17) is 4.42 Å². The summed E-state index contributed by atoms with van der Waals surface area (Å²) >= 11 is 0. The van der Waals surface area contributed by atoms with Crippen LogP contribution in [0.2, 0.25) is 0 Å². The number of rotatable bonds is 4. The van der Waals surface area contributed by atoms with Crippen molar-refractivity contribution in [1.82, 2.24) is 4.31 Å². The van der Waals surface area contributed by atoms with Crippen LogP contribution < -0.4 is 0 Å². The van der Waals surface area contributed by atoms with Crippen LogP contribution in [0.15, 0.2) is 45.7 Å². The third-order valence-electron chi connectivity index (χ3n) is 5.86. The Kier molecular flexibility index (Phi) is 4.13. The fourth-order valence-corrected chi connectivity index (χ4v) is 6.96. The standard InChI is InChI=1S/C21H25NO4S/c1-20(2)10-16-11-21(3,13-20)14-22(16)27(24,25)18-7-4-15(5-8-18)19-9-6-17(12-23)26-19/h4-9,12,16H,10-11,13-14H2,1-3H3. The van der Waals surface area contributed by atoms with Gasteiger partial charge in [-0.15, -0.1) is 0 Å². The molecular formula is C21H25NO4S. The number of nitrogens with zero attached hydrogens (tertiary/aromatic N) is 1. The lowest BCUT2D eigenvalue weighted by Crippen LogP contribution is -2.37. The normalized spacial score (nSPS) is 27.6. The van der Waals surface area contributed by atoms with E-state index in [1.54, 1.807) is 40.7 Å². The molecule has 2 fully saturated rings. The Morgan fingerprint density at radius 3 is 2.41 bits per heavy atom. The summed E-state index contributed by atoms with van der Waals surface area (Å²) in [4.78, 5) is 11.1. The predicted octanol–water partition coefficient (Wildman–Crippen LogP) is 4.35. The summed E-state index contributed by atoms with van der Waals surface area (Å²) in [6.45, 7) is 7.27. The molecule has 5 nitrogen and oxygen atoms in total. The fraction of sp³-hybridized carbons (Fsp3) is 0.476. The molecule has 2 bridgehead atoms. The molecule has 2 aromatic rings. The molecule has 1 aromatic carbocycles. The van der Waals surface area contributed by atoms with Crippen molar-refractivity contribution < 1.29 is 17.6 Å². The number of fused-ring (bicyclic) bond motifs is 2. The predicted molar refractivity (Wildman–Crippen MR) is 103 cm³/mol. The fourth-order valence-electron chi connectivity index (χ4n) is 5.19. The first-order valence-electron chi connectivity index (χ1n) is 9.29. The molecule has 1 saturated heterocycles. The van der Waals surface area contributed by atoms with Crippen molar-refractivity contribution in [2.75, 3.05) is 6.54 Å². The molecule has 4 rings (SSSR count). The Hall–Kier alpha value is -1.92. The summed E-state index contributed by atoms with van der Waals surface area (Å²) in [6.07, 6.45) is 3.55. The Labute approximate surface area is 160 Å². The third-order valence-corrected chi connectivity index (χ3v) is 7.77. The molecule has 2 atom stereocenters. The van der Waals surface area contributed by atoms with Gasteiger partial charge in [-0.25, -0.2) is 8.42 Å². The minimum atomic E-state index is -3.53. The summed E-state index contributed by atoms with van der Waals surface area (Å²) < 4.78 is 33.7. The van der Waals surface area contributed by atoms with Gasteiger partial charge in [0, 0.05) is 18.2 Å². The molecule has 0 amide bonds. The molecule has 0 radical (unpaired) electrons. The monoisotopic (exact) mass is 387 g/mol. The van der Waals surface area contributed by atoms with Crippen LogP contribution in [-0.4, -0.2) is 31.6 Å². The second-order valence-electron chi connectivity index (χ2n) is 9.11. The van der Waals surface area contributed by atoms with Crippen molar-refractivity contribution in [2.24, 2.45) is 10.8 Å². The van der Waals surface area contributed by atoms with Gasteiger partial charge in [0.2, 0.25) is 10.0 Å². The van der Waals surface area contributed by atoms with E-state index in [9.17, 15) is 13.2 Å². The van der Waals surface area contributed by atoms with E-state index >= 15 is 0 Å². The minimum Gasteiger partial charge on any atom is -0.453 e. The van der Waals surface area contributed by atoms with E-state index in [1.807, 2.05) is 0 Å². The first kappa shape index (κ1) is 18.4.